The van der Waals surface area contributed by atoms with Crippen LogP contribution in [-0.4, -0.2) is 79.9 Å². The highest BCUT2D eigenvalue weighted by atomic mass is 32.1. The van der Waals surface area contributed by atoms with Gasteiger partial charge in [-0.2, -0.15) is 12.6 Å². The van der Waals surface area contributed by atoms with Crippen molar-refractivity contribution < 1.29 is 29.4 Å². The highest BCUT2D eigenvalue weighted by molar-refractivity contribution is 7.80. The number of aromatic nitrogens is 2. The number of carbonyl (C=O) groups excluding carboxylic acids is 3. The number of hydrogen-bond donors (Lipinski definition) is 9. The lowest BCUT2D eigenvalue weighted by Gasteiger charge is -2.26. The number of para-hydroxylation sites is 2. The zero-order valence-electron chi connectivity index (χ0n) is 22.8. The van der Waals surface area contributed by atoms with E-state index in [0.29, 0.717) is 5.56 Å². The largest absolute Gasteiger partial charge is 0.480 e. The second kappa shape index (κ2) is 13.6. The predicted octanol–water partition coefficient (Wildman–Crippen LogP) is 0.611. The van der Waals surface area contributed by atoms with E-state index in [-0.39, 0.29) is 18.6 Å². The van der Waals surface area contributed by atoms with Crippen LogP contribution in [0.5, 0.6) is 0 Å². The molecule has 0 aliphatic carbocycles. The number of rotatable bonds is 13. The van der Waals surface area contributed by atoms with Crippen LogP contribution in [0.2, 0.25) is 0 Å². The molecule has 4 aromatic rings. The molecule has 0 radical (unpaired) electrons. The van der Waals surface area contributed by atoms with E-state index < -0.39 is 54.0 Å². The van der Waals surface area contributed by atoms with Crippen LogP contribution in [0.25, 0.3) is 21.8 Å². The summed E-state index contributed by atoms with van der Waals surface area (Å²) in [6.45, 7) is 1.28. The number of aliphatic carboxylic acids is 1. The number of aromatic amines is 2. The summed E-state index contributed by atoms with van der Waals surface area (Å²) >= 11 is 4.16. The highest BCUT2D eigenvalue weighted by Crippen LogP contribution is 2.20. The van der Waals surface area contributed by atoms with E-state index in [1.165, 1.54) is 6.92 Å². The molecule has 3 amide bonds. The number of H-pyrrole nitrogens is 2. The number of aliphatic hydroxyl groups excluding tert-OH is 1. The summed E-state index contributed by atoms with van der Waals surface area (Å²) < 4.78 is 0. The third-order valence-corrected chi connectivity index (χ3v) is 7.41. The maximum absolute atomic E-state index is 13.1. The molecule has 12 nitrogen and oxygen atoms in total. The van der Waals surface area contributed by atoms with Crippen LogP contribution < -0.4 is 21.7 Å². The van der Waals surface area contributed by atoms with Crippen molar-refractivity contribution in [2.24, 2.45) is 5.73 Å². The van der Waals surface area contributed by atoms with E-state index in [2.05, 4.69) is 38.5 Å². The third-order valence-electron chi connectivity index (χ3n) is 7.04. The van der Waals surface area contributed by atoms with Gasteiger partial charge in [0.25, 0.3) is 0 Å². The molecule has 42 heavy (non-hydrogen) atoms. The van der Waals surface area contributed by atoms with Crippen molar-refractivity contribution in [2.75, 3.05) is 5.75 Å². The van der Waals surface area contributed by atoms with Crippen LogP contribution in [0.4, 0.5) is 0 Å². The predicted molar refractivity (Wildman–Crippen MR) is 161 cm³/mol. The number of aliphatic hydroxyl groups is 1. The number of carbonyl (C=O) groups is 4. The number of hydrogen-bond acceptors (Lipinski definition) is 7. The molecule has 0 saturated carbocycles. The molecule has 222 valence electrons. The number of fused-ring (bicyclic) bond motifs is 2. The number of amides is 3. The average Bonchev–Trinajstić information content (AvgIpc) is 3.57. The first-order valence-electron chi connectivity index (χ1n) is 13.4. The summed E-state index contributed by atoms with van der Waals surface area (Å²) in [5.74, 6) is -3.69. The van der Waals surface area contributed by atoms with E-state index in [4.69, 9.17) is 5.73 Å². The first kappa shape index (κ1) is 30.6. The van der Waals surface area contributed by atoms with Gasteiger partial charge in [-0.25, -0.2) is 4.79 Å². The first-order chi connectivity index (χ1) is 20.1. The van der Waals surface area contributed by atoms with E-state index >= 15 is 0 Å². The Balaban J connectivity index is 1.38. The molecule has 4 rings (SSSR count). The van der Waals surface area contributed by atoms with Gasteiger partial charge in [-0.05, 0) is 36.6 Å². The lowest BCUT2D eigenvalue weighted by molar-refractivity contribution is -0.143. The molecular weight excluding hydrogens is 560 g/mol. The van der Waals surface area contributed by atoms with Gasteiger partial charge >= 0.3 is 5.97 Å². The Bertz CT molecular complexity index is 1580. The molecule has 0 spiro atoms. The second-order valence-electron chi connectivity index (χ2n) is 10.1. The fraction of sp³-hybridized carbons (Fsp3) is 0.310. The Labute approximate surface area is 246 Å². The molecule has 5 atom stereocenters. The molecule has 9 N–H and O–H groups in total. The molecule has 2 heterocycles. The first-order valence-corrected chi connectivity index (χ1v) is 14.0. The third kappa shape index (κ3) is 7.11. The Morgan fingerprint density at radius 1 is 0.810 bits per heavy atom. The number of nitrogens with two attached hydrogens (primary N) is 1. The second-order valence-corrected chi connectivity index (χ2v) is 10.5. The van der Waals surface area contributed by atoms with Crippen LogP contribution >= 0.6 is 12.6 Å². The summed E-state index contributed by atoms with van der Waals surface area (Å²) in [6, 6.07) is 9.93. The lowest BCUT2D eigenvalue weighted by atomic mass is 10.0. The van der Waals surface area contributed by atoms with E-state index in [1.807, 2.05) is 48.5 Å². The zero-order valence-corrected chi connectivity index (χ0v) is 23.7. The minimum absolute atomic E-state index is 0.0325. The summed E-state index contributed by atoms with van der Waals surface area (Å²) in [5, 5.41) is 29.2. The number of thiol groups is 1. The van der Waals surface area contributed by atoms with Gasteiger partial charge in [0.15, 0.2) is 0 Å². The quantitative estimate of drug-likeness (QED) is 0.101. The highest BCUT2D eigenvalue weighted by Gasteiger charge is 2.33. The van der Waals surface area contributed by atoms with Crippen molar-refractivity contribution in [3.8, 4) is 0 Å². The lowest BCUT2D eigenvalue weighted by Crippen LogP contribution is -2.60. The van der Waals surface area contributed by atoms with Crippen molar-refractivity contribution in [3.63, 3.8) is 0 Å². The van der Waals surface area contributed by atoms with Crippen LogP contribution in [0.3, 0.4) is 0 Å². The van der Waals surface area contributed by atoms with Crippen LogP contribution in [0.15, 0.2) is 60.9 Å². The Morgan fingerprint density at radius 3 is 1.86 bits per heavy atom. The topological polar surface area (TPSA) is 202 Å². The Kier molecular flexibility index (Phi) is 9.88. The van der Waals surface area contributed by atoms with Crippen molar-refractivity contribution in [3.05, 3.63) is 72.1 Å². The van der Waals surface area contributed by atoms with Gasteiger partial charge in [0.05, 0.1) is 12.1 Å². The summed E-state index contributed by atoms with van der Waals surface area (Å²) in [6.07, 6.45) is 2.24. The Hall–Kier alpha value is -4.33. The minimum atomic E-state index is -1.50. The van der Waals surface area contributed by atoms with Gasteiger partial charge in [-0.3, -0.25) is 14.4 Å². The van der Waals surface area contributed by atoms with Crippen molar-refractivity contribution >= 4 is 58.1 Å². The van der Waals surface area contributed by atoms with Crippen LogP contribution in [0, 0.1) is 0 Å². The van der Waals surface area contributed by atoms with Crippen LogP contribution in [0.1, 0.15) is 18.1 Å². The number of nitrogens with one attached hydrogen (secondary N) is 5. The standard InChI is InChI=1S/C29H34N6O6S/c1-15(36)25(28(39)33-23(29(40)41)11-17-13-32-22-9-5-3-7-19(17)22)35-27(38)24(14-42)34-26(37)20(30)10-16-12-31-21-8-4-2-6-18(16)21/h2-9,12-13,15,20,23-25,31-32,36,42H,10-11,14,30H2,1H3,(H,33,39)(H,34,37)(H,35,38)(H,40,41). The molecule has 0 aliphatic heterocycles. The number of carboxylic acid groups (broad SMARTS) is 1. The van der Waals surface area contributed by atoms with Crippen molar-refractivity contribution in [1.29, 1.82) is 0 Å². The zero-order chi connectivity index (χ0) is 30.4. The maximum Gasteiger partial charge on any atom is 0.326 e. The van der Waals surface area contributed by atoms with Gasteiger partial charge in [0.2, 0.25) is 17.7 Å². The molecule has 5 unspecified atom stereocenters. The SMILES string of the molecule is CC(O)C(NC(=O)C(CS)NC(=O)C(N)Cc1c[nH]c2ccccc12)C(=O)NC(Cc1c[nH]c2ccccc12)C(=O)O. The normalized spacial score (nSPS) is 15.0. The molecule has 0 bridgehead atoms. The van der Waals surface area contributed by atoms with Crippen molar-refractivity contribution in [1.82, 2.24) is 25.9 Å². The van der Waals surface area contributed by atoms with E-state index in [9.17, 15) is 29.4 Å². The van der Waals surface area contributed by atoms with Gasteiger partial charge in [0, 0.05) is 46.4 Å². The summed E-state index contributed by atoms with van der Waals surface area (Å²) in [7, 11) is 0. The van der Waals surface area contributed by atoms with Crippen LogP contribution in [-0.2, 0) is 32.0 Å². The Morgan fingerprint density at radius 2 is 1.33 bits per heavy atom. The van der Waals surface area contributed by atoms with Gasteiger partial charge in [0.1, 0.15) is 18.1 Å². The molecule has 2 aromatic carbocycles. The summed E-state index contributed by atoms with van der Waals surface area (Å²) in [5.41, 5.74) is 9.37. The average molecular weight is 595 g/mol. The molecule has 13 heteroatoms. The fourth-order valence-corrected chi connectivity index (χ4v) is 5.00. The van der Waals surface area contributed by atoms with Gasteiger partial charge in [-0.1, -0.05) is 36.4 Å². The fourth-order valence-electron chi connectivity index (χ4n) is 4.74. The minimum Gasteiger partial charge on any atom is -0.480 e. The molecular formula is C29H34N6O6S. The molecule has 0 saturated heterocycles. The van der Waals surface area contributed by atoms with E-state index in [0.717, 1.165) is 27.4 Å². The number of carboxylic acids is 1. The van der Waals surface area contributed by atoms with Crippen molar-refractivity contribution in [2.45, 2.75) is 50.0 Å². The van der Waals surface area contributed by atoms with Gasteiger partial charge < -0.3 is 41.9 Å². The molecule has 2 aromatic heterocycles. The van der Waals surface area contributed by atoms with E-state index in [1.54, 1.807) is 12.4 Å². The smallest absolute Gasteiger partial charge is 0.326 e. The number of benzene rings is 2. The van der Waals surface area contributed by atoms with Gasteiger partial charge in [-0.15, -0.1) is 0 Å². The summed E-state index contributed by atoms with van der Waals surface area (Å²) in [4.78, 5) is 57.1. The molecule has 0 fully saturated rings. The maximum atomic E-state index is 13.1. The molecule has 0 aliphatic rings. The monoisotopic (exact) mass is 594 g/mol.